The Morgan fingerprint density at radius 3 is 2.41 bits per heavy atom. The number of hydrogen-bond acceptors (Lipinski definition) is 5. The zero-order valence-electron chi connectivity index (χ0n) is 17.4. The van der Waals surface area contributed by atoms with Gasteiger partial charge in [-0.25, -0.2) is 13.6 Å². The first-order valence-electron chi connectivity index (χ1n) is 9.29. The van der Waals surface area contributed by atoms with Crippen LogP contribution in [0.2, 0.25) is 0 Å². The lowest BCUT2D eigenvalue weighted by atomic mass is 10.1. The number of carbonyl (C=O) groups excluding carboxylic acids is 1. The van der Waals surface area contributed by atoms with Crippen LogP contribution in [0, 0.1) is 19.8 Å². The van der Waals surface area contributed by atoms with Crippen molar-refractivity contribution in [3.05, 3.63) is 47.0 Å². The molecule has 1 amide bonds. The Kier molecular flexibility index (Phi) is 7.26. The quantitative estimate of drug-likeness (QED) is 0.678. The van der Waals surface area contributed by atoms with Crippen LogP contribution in [0.25, 0.3) is 0 Å². The number of methoxy groups -OCH3 is 1. The summed E-state index contributed by atoms with van der Waals surface area (Å²) in [6.45, 7) is 8.33. The zero-order valence-corrected chi connectivity index (χ0v) is 18.2. The molecule has 3 N–H and O–H groups in total. The maximum atomic E-state index is 12.7. The van der Waals surface area contributed by atoms with Crippen LogP contribution in [0.5, 0.6) is 11.5 Å². The number of anilines is 1. The van der Waals surface area contributed by atoms with E-state index in [2.05, 4.69) is 19.2 Å². The molecule has 0 heterocycles. The number of ether oxygens (including phenoxy) is 2. The lowest BCUT2D eigenvalue weighted by Gasteiger charge is -2.15. The Hall–Kier alpha value is -2.58. The zero-order chi connectivity index (χ0) is 21.8. The van der Waals surface area contributed by atoms with E-state index < -0.39 is 15.9 Å². The third kappa shape index (κ3) is 5.95. The minimum atomic E-state index is -3.88. The van der Waals surface area contributed by atoms with E-state index in [9.17, 15) is 13.2 Å². The van der Waals surface area contributed by atoms with Crippen molar-refractivity contribution < 1.29 is 22.7 Å². The number of benzene rings is 2. The Labute approximate surface area is 172 Å². The summed E-state index contributed by atoms with van der Waals surface area (Å²) in [5.41, 5.74) is 2.20. The summed E-state index contributed by atoms with van der Waals surface area (Å²) in [4.78, 5) is 12.7. The van der Waals surface area contributed by atoms with Gasteiger partial charge in [-0.05, 0) is 67.6 Å². The molecule has 0 unspecified atom stereocenters. The van der Waals surface area contributed by atoms with Gasteiger partial charge in [0.2, 0.25) is 10.0 Å². The van der Waals surface area contributed by atoms with Gasteiger partial charge in [0.15, 0.2) is 11.5 Å². The number of sulfonamides is 1. The second-order valence-corrected chi connectivity index (χ2v) is 8.87. The van der Waals surface area contributed by atoms with E-state index in [0.29, 0.717) is 40.8 Å². The van der Waals surface area contributed by atoms with Gasteiger partial charge in [0, 0.05) is 11.3 Å². The van der Waals surface area contributed by atoms with E-state index in [1.165, 1.54) is 19.2 Å². The summed E-state index contributed by atoms with van der Waals surface area (Å²) in [5, 5.41) is 7.98. The van der Waals surface area contributed by atoms with Crippen LogP contribution in [0.4, 0.5) is 5.69 Å². The molecule has 8 heteroatoms. The molecule has 0 atom stereocenters. The minimum Gasteiger partial charge on any atom is -0.493 e. The highest BCUT2D eigenvalue weighted by Gasteiger charge is 2.16. The van der Waals surface area contributed by atoms with Gasteiger partial charge in [-0.3, -0.25) is 4.79 Å². The van der Waals surface area contributed by atoms with Crippen LogP contribution in [0.15, 0.2) is 35.2 Å². The minimum absolute atomic E-state index is 0.0534. The fourth-order valence-electron chi connectivity index (χ4n) is 2.65. The van der Waals surface area contributed by atoms with Gasteiger partial charge < -0.3 is 14.8 Å². The number of primary sulfonamides is 1. The molecule has 0 spiro atoms. The number of amides is 1. The van der Waals surface area contributed by atoms with Gasteiger partial charge in [-0.1, -0.05) is 13.8 Å². The molecular weight excluding hydrogens is 392 g/mol. The molecule has 158 valence electrons. The smallest absolute Gasteiger partial charge is 0.255 e. The van der Waals surface area contributed by atoms with Crippen molar-refractivity contribution in [2.75, 3.05) is 19.0 Å². The molecular formula is C21H28N2O5S. The number of hydrogen-bond donors (Lipinski definition) is 2. The number of carbonyl (C=O) groups is 1. The van der Waals surface area contributed by atoms with Crippen molar-refractivity contribution in [1.82, 2.24) is 0 Å². The summed E-state index contributed by atoms with van der Waals surface area (Å²) < 4.78 is 34.5. The van der Waals surface area contributed by atoms with E-state index in [1.807, 2.05) is 0 Å². The van der Waals surface area contributed by atoms with Crippen LogP contribution in [0.1, 0.15) is 41.8 Å². The summed E-state index contributed by atoms with van der Waals surface area (Å²) in [6, 6.07) is 7.75. The normalized spacial score (nSPS) is 11.4. The Balaban J connectivity index is 2.26. The highest BCUT2D eigenvalue weighted by atomic mass is 32.2. The maximum Gasteiger partial charge on any atom is 0.255 e. The third-order valence-electron chi connectivity index (χ3n) is 4.60. The van der Waals surface area contributed by atoms with Gasteiger partial charge >= 0.3 is 0 Å². The number of nitrogens with one attached hydrogen (secondary N) is 1. The largest absolute Gasteiger partial charge is 0.493 e. The molecule has 0 aliphatic carbocycles. The van der Waals surface area contributed by atoms with Crippen molar-refractivity contribution >= 4 is 21.6 Å². The van der Waals surface area contributed by atoms with E-state index in [1.54, 1.807) is 32.0 Å². The van der Waals surface area contributed by atoms with Crippen molar-refractivity contribution in [3.8, 4) is 11.5 Å². The van der Waals surface area contributed by atoms with Gasteiger partial charge in [-0.2, -0.15) is 0 Å². The number of nitrogens with two attached hydrogens (primary N) is 1. The lowest BCUT2D eigenvalue weighted by molar-refractivity contribution is 0.102. The first-order valence-corrected chi connectivity index (χ1v) is 10.8. The second kappa shape index (κ2) is 9.28. The van der Waals surface area contributed by atoms with Crippen LogP contribution in [0.3, 0.4) is 0 Å². The van der Waals surface area contributed by atoms with Crippen molar-refractivity contribution in [1.29, 1.82) is 0 Å². The maximum absolute atomic E-state index is 12.7. The third-order valence-corrected chi connectivity index (χ3v) is 5.49. The Morgan fingerprint density at radius 2 is 1.83 bits per heavy atom. The van der Waals surface area contributed by atoms with Crippen molar-refractivity contribution in [2.24, 2.45) is 11.1 Å². The van der Waals surface area contributed by atoms with Crippen molar-refractivity contribution in [2.45, 2.75) is 39.0 Å². The molecule has 0 aliphatic rings. The topological polar surface area (TPSA) is 108 Å². The second-order valence-electron chi connectivity index (χ2n) is 7.31. The summed E-state index contributed by atoms with van der Waals surface area (Å²) >= 11 is 0. The summed E-state index contributed by atoms with van der Waals surface area (Å²) in [6.07, 6.45) is 0.907. The predicted molar refractivity (Wildman–Crippen MR) is 113 cm³/mol. The molecule has 7 nitrogen and oxygen atoms in total. The fraction of sp³-hybridized carbons (Fsp3) is 0.381. The molecule has 29 heavy (non-hydrogen) atoms. The van der Waals surface area contributed by atoms with Crippen molar-refractivity contribution in [3.63, 3.8) is 0 Å². The van der Waals surface area contributed by atoms with E-state index >= 15 is 0 Å². The summed E-state index contributed by atoms with van der Waals surface area (Å²) in [5.74, 6) is 1.14. The van der Waals surface area contributed by atoms with Gasteiger partial charge in [-0.15, -0.1) is 0 Å². The van der Waals surface area contributed by atoms with E-state index in [4.69, 9.17) is 14.6 Å². The highest BCUT2D eigenvalue weighted by molar-refractivity contribution is 7.89. The molecule has 0 saturated heterocycles. The SMILES string of the molecule is COc1cc(C(=O)Nc2cc(S(N)(=O)=O)cc(C)c2C)ccc1OCCC(C)C. The molecule has 0 radical (unpaired) electrons. The average molecular weight is 421 g/mol. The van der Waals surface area contributed by atoms with Gasteiger partial charge in [0.1, 0.15) is 0 Å². The van der Waals surface area contributed by atoms with Gasteiger partial charge in [0.25, 0.3) is 5.91 Å². The average Bonchev–Trinajstić information content (AvgIpc) is 2.64. The molecule has 0 fully saturated rings. The first kappa shape index (κ1) is 22.7. The monoisotopic (exact) mass is 420 g/mol. The Bertz CT molecular complexity index is 1000. The Morgan fingerprint density at radius 1 is 1.14 bits per heavy atom. The lowest BCUT2D eigenvalue weighted by Crippen LogP contribution is -2.16. The van der Waals surface area contributed by atoms with Gasteiger partial charge in [0.05, 0.1) is 18.6 Å². The first-order chi connectivity index (χ1) is 13.5. The molecule has 0 aliphatic heterocycles. The predicted octanol–water partition coefficient (Wildman–Crippen LogP) is 3.64. The van der Waals surface area contributed by atoms with Crippen LogP contribution in [-0.2, 0) is 10.0 Å². The van der Waals surface area contributed by atoms with E-state index in [0.717, 1.165) is 12.0 Å². The van der Waals surface area contributed by atoms with Crippen LogP contribution in [-0.4, -0.2) is 28.0 Å². The molecule has 2 rings (SSSR count). The number of rotatable bonds is 8. The molecule has 2 aromatic rings. The fourth-order valence-corrected chi connectivity index (χ4v) is 3.27. The molecule has 0 aromatic heterocycles. The molecule has 0 bridgehead atoms. The number of aryl methyl sites for hydroxylation is 1. The van der Waals surface area contributed by atoms with Crippen LogP contribution >= 0.6 is 0 Å². The molecule has 2 aromatic carbocycles. The molecule has 0 saturated carbocycles. The highest BCUT2D eigenvalue weighted by Crippen LogP contribution is 2.29. The van der Waals surface area contributed by atoms with Crippen LogP contribution < -0.4 is 19.9 Å². The van der Waals surface area contributed by atoms with E-state index in [-0.39, 0.29) is 4.90 Å². The summed E-state index contributed by atoms with van der Waals surface area (Å²) in [7, 11) is -2.37. The standard InChI is InChI=1S/C21H28N2O5S/c1-13(2)8-9-28-19-7-6-16(11-20(19)27-5)21(24)23-18-12-17(29(22,25)26)10-14(3)15(18)4/h6-7,10-13H,8-9H2,1-5H3,(H,23,24)(H2,22,25,26).